The van der Waals surface area contributed by atoms with E-state index < -0.39 is 6.04 Å². The number of rotatable bonds is 12. The Morgan fingerprint density at radius 1 is 0.923 bits per heavy atom. The molecule has 4 rings (SSSR count). The maximum Gasteiger partial charge on any atom is 0.261 e. The molecule has 1 aliphatic carbocycles. The van der Waals surface area contributed by atoms with Gasteiger partial charge in [0.15, 0.2) is 6.61 Å². The van der Waals surface area contributed by atoms with Gasteiger partial charge in [-0.2, -0.15) is 0 Å². The normalized spacial score (nSPS) is 14.2. The number of benzene rings is 3. The molecule has 1 fully saturated rings. The summed E-state index contributed by atoms with van der Waals surface area (Å²) in [5, 5.41) is 3.24. The summed E-state index contributed by atoms with van der Waals surface area (Å²) in [6, 6.07) is 24.8. The molecule has 1 atom stereocenters. The molecule has 1 saturated carbocycles. The van der Waals surface area contributed by atoms with E-state index in [0.29, 0.717) is 17.9 Å². The van der Waals surface area contributed by atoms with E-state index in [-0.39, 0.29) is 36.9 Å². The lowest BCUT2D eigenvalue weighted by molar-refractivity contribution is -0.143. The highest BCUT2D eigenvalue weighted by Gasteiger charge is 2.32. The number of carbonyl (C=O) groups excluding carboxylic acids is 2. The highest BCUT2D eigenvalue weighted by molar-refractivity contribution is 5.88. The number of nitrogens with one attached hydrogen (secondary N) is 1. The molecule has 0 aromatic heterocycles. The third-order valence-electron chi connectivity index (χ3n) is 7.35. The second-order valence-corrected chi connectivity index (χ2v) is 10.5. The van der Waals surface area contributed by atoms with Gasteiger partial charge in [-0.05, 0) is 53.6 Å². The molecule has 3 aromatic rings. The summed E-state index contributed by atoms with van der Waals surface area (Å²) in [6.45, 7) is 4.31. The molecule has 6 nitrogen and oxygen atoms in total. The van der Waals surface area contributed by atoms with Crippen LogP contribution in [0.25, 0.3) is 0 Å². The molecular formula is C33H40N2O4. The van der Waals surface area contributed by atoms with E-state index in [0.717, 1.165) is 42.4 Å². The minimum Gasteiger partial charge on any atom is -0.497 e. The van der Waals surface area contributed by atoms with Crippen molar-refractivity contribution in [1.82, 2.24) is 10.2 Å². The maximum atomic E-state index is 13.9. The van der Waals surface area contributed by atoms with E-state index >= 15 is 0 Å². The fraction of sp³-hybridized carbons (Fsp3) is 0.394. The van der Waals surface area contributed by atoms with Gasteiger partial charge in [0, 0.05) is 19.0 Å². The third-order valence-corrected chi connectivity index (χ3v) is 7.35. The van der Waals surface area contributed by atoms with Gasteiger partial charge in [-0.3, -0.25) is 9.59 Å². The zero-order chi connectivity index (χ0) is 27.6. The van der Waals surface area contributed by atoms with Crippen LogP contribution in [-0.4, -0.2) is 42.5 Å². The summed E-state index contributed by atoms with van der Waals surface area (Å²) in [4.78, 5) is 29.4. The van der Waals surface area contributed by atoms with E-state index in [4.69, 9.17) is 9.47 Å². The van der Waals surface area contributed by atoms with Gasteiger partial charge >= 0.3 is 0 Å². The molecule has 39 heavy (non-hydrogen) atoms. The topological polar surface area (TPSA) is 67.9 Å². The molecule has 0 unspecified atom stereocenters. The zero-order valence-corrected chi connectivity index (χ0v) is 23.3. The highest BCUT2D eigenvalue weighted by Crippen LogP contribution is 2.26. The molecule has 1 aliphatic rings. The summed E-state index contributed by atoms with van der Waals surface area (Å²) < 4.78 is 11.5. The van der Waals surface area contributed by atoms with Gasteiger partial charge in [0.1, 0.15) is 17.5 Å². The van der Waals surface area contributed by atoms with Crippen molar-refractivity contribution in [2.75, 3.05) is 13.7 Å². The fourth-order valence-electron chi connectivity index (χ4n) is 5.20. The van der Waals surface area contributed by atoms with Crippen LogP contribution in [0.4, 0.5) is 0 Å². The molecule has 0 radical (unpaired) electrons. The largest absolute Gasteiger partial charge is 0.497 e. The Kier molecular flexibility index (Phi) is 10.0. The lowest BCUT2D eigenvalue weighted by atomic mass is 10.0. The molecule has 2 amide bonds. The summed E-state index contributed by atoms with van der Waals surface area (Å²) in [7, 11) is 1.62. The first-order valence-electron chi connectivity index (χ1n) is 13.9. The minimum absolute atomic E-state index is 0.121. The number of ether oxygens (including phenoxy) is 2. The molecule has 0 aliphatic heterocycles. The van der Waals surface area contributed by atoms with E-state index in [2.05, 4.69) is 19.2 Å². The lowest BCUT2D eigenvalue weighted by Gasteiger charge is -2.32. The predicted molar refractivity (Wildman–Crippen MR) is 154 cm³/mol. The molecule has 6 heteroatoms. The van der Waals surface area contributed by atoms with Crippen LogP contribution in [0.2, 0.25) is 0 Å². The Morgan fingerprint density at radius 3 is 2.33 bits per heavy atom. The Morgan fingerprint density at radius 2 is 1.62 bits per heavy atom. The van der Waals surface area contributed by atoms with Gasteiger partial charge in [-0.15, -0.1) is 0 Å². The Labute approximate surface area is 232 Å². The molecule has 3 aromatic carbocycles. The van der Waals surface area contributed by atoms with Crippen LogP contribution in [0.1, 0.15) is 62.1 Å². The smallest absolute Gasteiger partial charge is 0.261 e. The molecule has 0 heterocycles. The van der Waals surface area contributed by atoms with E-state index in [1.807, 2.05) is 78.9 Å². The number of para-hydroxylation sites is 1. The van der Waals surface area contributed by atoms with Gasteiger partial charge in [-0.1, -0.05) is 87.4 Å². The van der Waals surface area contributed by atoms with Gasteiger partial charge in [-0.25, -0.2) is 0 Å². The highest BCUT2D eigenvalue weighted by atomic mass is 16.5. The first-order chi connectivity index (χ1) is 18.9. The van der Waals surface area contributed by atoms with Crippen molar-refractivity contribution in [3.8, 4) is 11.5 Å². The summed E-state index contributed by atoms with van der Waals surface area (Å²) in [5.74, 6) is 1.30. The van der Waals surface area contributed by atoms with E-state index in [9.17, 15) is 9.59 Å². The molecule has 0 bridgehead atoms. The molecule has 0 saturated heterocycles. The summed E-state index contributed by atoms with van der Waals surface area (Å²) in [6.07, 6.45) is 4.59. The minimum atomic E-state index is -0.685. The average Bonchev–Trinajstić information content (AvgIpc) is 3.47. The van der Waals surface area contributed by atoms with Crippen molar-refractivity contribution in [2.45, 2.75) is 70.5 Å². The van der Waals surface area contributed by atoms with Crippen molar-refractivity contribution >= 4 is 11.8 Å². The number of hydrogen-bond acceptors (Lipinski definition) is 4. The zero-order valence-electron chi connectivity index (χ0n) is 23.3. The van der Waals surface area contributed by atoms with Crippen LogP contribution in [0.5, 0.6) is 11.5 Å². The number of amides is 2. The van der Waals surface area contributed by atoms with Crippen LogP contribution in [0, 0.1) is 0 Å². The number of methoxy groups -OCH3 is 1. The monoisotopic (exact) mass is 528 g/mol. The first-order valence-corrected chi connectivity index (χ1v) is 13.9. The van der Waals surface area contributed by atoms with Crippen LogP contribution >= 0.6 is 0 Å². The second kappa shape index (κ2) is 13.8. The Hall–Kier alpha value is -3.80. The second-order valence-electron chi connectivity index (χ2n) is 10.5. The van der Waals surface area contributed by atoms with Crippen LogP contribution in [0.3, 0.4) is 0 Å². The van der Waals surface area contributed by atoms with Crippen molar-refractivity contribution in [3.63, 3.8) is 0 Å². The van der Waals surface area contributed by atoms with E-state index in [1.54, 1.807) is 12.0 Å². The van der Waals surface area contributed by atoms with Crippen molar-refractivity contribution in [1.29, 1.82) is 0 Å². The van der Waals surface area contributed by atoms with Crippen LogP contribution in [-0.2, 0) is 22.6 Å². The average molecular weight is 529 g/mol. The SMILES string of the molecule is COc1cccc(CN(C(=O)COc2ccccc2C(C)C)[C@@H](Cc2ccccc2)C(=O)NC2CCCC2)c1. The third kappa shape index (κ3) is 7.85. The van der Waals surface area contributed by atoms with E-state index in [1.165, 1.54) is 0 Å². The lowest BCUT2D eigenvalue weighted by Crippen LogP contribution is -2.53. The van der Waals surface area contributed by atoms with Gasteiger partial charge < -0.3 is 19.7 Å². The summed E-state index contributed by atoms with van der Waals surface area (Å²) in [5.41, 5.74) is 2.93. The van der Waals surface area contributed by atoms with Gasteiger partial charge in [0.05, 0.1) is 7.11 Å². The van der Waals surface area contributed by atoms with Crippen LogP contribution < -0.4 is 14.8 Å². The van der Waals surface area contributed by atoms with Crippen molar-refractivity contribution < 1.29 is 19.1 Å². The standard InChI is InChI=1S/C33H40N2O4/c1-24(2)29-18-9-10-19-31(29)39-23-32(36)35(22-26-14-11-17-28(20-26)38-3)30(21-25-12-5-4-6-13-25)33(37)34-27-15-7-8-16-27/h4-6,9-14,17-20,24,27,30H,7-8,15-16,21-23H2,1-3H3,(H,34,37)/t30-/m0/s1. The Bertz CT molecular complexity index is 1220. The predicted octanol–water partition coefficient (Wildman–Crippen LogP) is 5.90. The Balaban J connectivity index is 1.64. The molecular weight excluding hydrogens is 488 g/mol. The summed E-state index contributed by atoms with van der Waals surface area (Å²) >= 11 is 0. The molecule has 206 valence electrons. The number of hydrogen-bond donors (Lipinski definition) is 1. The van der Waals surface area contributed by atoms with Crippen molar-refractivity contribution in [2.24, 2.45) is 0 Å². The quantitative estimate of drug-likeness (QED) is 0.318. The van der Waals surface area contributed by atoms with Crippen LogP contribution in [0.15, 0.2) is 78.9 Å². The fourth-order valence-corrected chi connectivity index (χ4v) is 5.20. The van der Waals surface area contributed by atoms with Gasteiger partial charge in [0.25, 0.3) is 5.91 Å². The molecule has 0 spiro atoms. The number of carbonyl (C=O) groups is 2. The number of nitrogens with zero attached hydrogens (tertiary/aromatic N) is 1. The van der Waals surface area contributed by atoms with Crippen molar-refractivity contribution in [3.05, 3.63) is 95.6 Å². The molecule has 1 N–H and O–H groups in total. The van der Waals surface area contributed by atoms with Gasteiger partial charge in [0.2, 0.25) is 5.91 Å². The maximum absolute atomic E-state index is 13.9. The first kappa shape index (κ1) is 28.2.